The lowest BCUT2D eigenvalue weighted by Crippen LogP contribution is -2.60. The molecule has 0 saturated heterocycles. The first-order valence-electron chi connectivity index (χ1n) is 10.2. The van der Waals surface area contributed by atoms with Gasteiger partial charge in [-0.3, -0.25) is 9.59 Å². The number of aliphatic carboxylic acids is 1. The number of hydrogen-bond donors (Lipinski definition) is 1. The Hall–Kier alpha value is -1.32. The quantitative estimate of drug-likeness (QED) is 0.578. The van der Waals surface area contributed by atoms with Crippen molar-refractivity contribution in [2.45, 2.75) is 78.2 Å². The van der Waals surface area contributed by atoms with Crippen LogP contribution in [0.25, 0.3) is 0 Å². The minimum absolute atomic E-state index is 0.0115. The Morgan fingerprint density at radius 3 is 2.50 bits per heavy atom. The summed E-state index contributed by atoms with van der Waals surface area (Å²) < 4.78 is 5.87. The number of rotatable bonds is 2. The van der Waals surface area contributed by atoms with Gasteiger partial charge in [-0.25, -0.2) is 0 Å². The number of hydrogen-bond acceptors (Lipinski definition) is 3. The molecular weight excluding hydrogens is 328 g/mol. The topological polar surface area (TPSA) is 63.6 Å². The average molecular weight is 360 g/mol. The zero-order valence-electron chi connectivity index (χ0n) is 16.3. The zero-order chi connectivity index (χ0) is 18.9. The van der Waals surface area contributed by atoms with Gasteiger partial charge >= 0.3 is 11.9 Å². The standard InChI is InChI=1S/C22H32O4/c1-13-15-6-7-17-20(3)9-5-10-21(4,19(24)25)16(20)8-11-22(17,12-15)18(13)26-14(2)23/h15-18H,1,5-12H2,2-4H3,(H,24,25)/t15-,16+,17+,18-,20-,21+,22-/m1/s1. The number of carboxylic acid groups (broad SMARTS) is 1. The van der Waals surface area contributed by atoms with Crippen LogP contribution in [0.4, 0.5) is 0 Å². The van der Waals surface area contributed by atoms with Gasteiger partial charge in [-0.15, -0.1) is 0 Å². The predicted octanol–water partition coefficient (Wildman–Crippen LogP) is 4.58. The Balaban J connectivity index is 1.77. The molecule has 0 unspecified atom stereocenters. The highest BCUT2D eigenvalue weighted by atomic mass is 16.5. The predicted molar refractivity (Wildman–Crippen MR) is 98.4 cm³/mol. The molecule has 4 aliphatic rings. The third-order valence-electron chi connectivity index (χ3n) is 8.95. The number of carbonyl (C=O) groups excluding carboxylic acids is 1. The van der Waals surface area contributed by atoms with Gasteiger partial charge in [-0.1, -0.05) is 19.9 Å². The summed E-state index contributed by atoms with van der Waals surface area (Å²) >= 11 is 0. The SMILES string of the molecule is C=C1[C@@H]2CC[C@H]3[C@]4(C)CCC[C@](C)(C(=O)O)[C@H]4CC[C@]3(C2)[C@@H]1OC(C)=O. The van der Waals surface area contributed by atoms with E-state index in [1.807, 2.05) is 6.92 Å². The lowest BCUT2D eigenvalue weighted by Gasteiger charge is -2.63. The van der Waals surface area contributed by atoms with Crippen molar-refractivity contribution in [3.05, 3.63) is 12.2 Å². The van der Waals surface area contributed by atoms with Gasteiger partial charge in [0.05, 0.1) is 5.41 Å². The summed E-state index contributed by atoms with van der Waals surface area (Å²) in [5, 5.41) is 10.0. The highest BCUT2D eigenvalue weighted by molar-refractivity contribution is 5.75. The van der Waals surface area contributed by atoms with Crippen LogP contribution in [0.2, 0.25) is 0 Å². The molecule has 4 fully saturated rings. The minimum atomic E-state index is -0.634. The Bertz CT molecular complexity index is 669. The highest BCUT2D eigenvalue weighted by Gasteiger charge is 2.68. The third kappa shape index (κ3) is 2.13. The second kappa shape index (κ2) is 5.59. The fraction of sp³-hybridized carbons (Fsp3) is 0.818. The van der Waals surface area contributed by atoms with Crippen LogP contribution in [-0.4, -0.2) is 23.1 Å². The van der Waals surface area contributed by atoms with Crippen LogP contribution in [-0.2, 0) is 14.3 Å². The van der Waals surface area contributed by atoms with Gasteiger partial charge < -0.3 is 9.84 Å². The molecule has 4 rings (SSSR count). The van der Waals surface area contributed by atoms with Gasteiger partial charge in [0.2, 0.25) is 0 Å². The second-order valence-corrected chi connectivity index (χ2v) is 10.0. The second-order valence-electron chi connectivity index (χ2n) is 10.0. The van der Waals surface area contributed by atoms with E-state index >= 15 is 0 Å². The monoisotopic (exact) mass is 360 g/mol. The molecule has 4 saturated carbocycles. The Labute approximate surface area is 156 Å². The summed E-state index contributed by atoms with van der Waals surface area (Å²) in [7, 11) is 0. The average Bonchev–Trinajstić information content (AvgIpc) is 2.75. The molecule has 4 heteroatoms. The van der Waals surface area contributed by atoms with Crippen molar-refractivity contribution in [1.29, 1.82) is 0 Å². The maximum Gasteiger partial charge on any atom is 0.309 e. The molecule has 0 heterocycles. The number of carboxylic acids is 1. The minimum Gasteiger partial charge on any atom is -0.481 e. The summed E-state index contributed by atoms with van der Waals surface area (Å²) in [4.78, 5) is 24.0. The smallest absolute Gasteiger partial charge is 0.309 e. The third-order valence-corrected chi connectivity index (χ3v) is 8.95. The maximum absolute atomic E-state index is 12.2. The van der Waals surface area contributed by atoms with Crippen LogP contribution in [0, 0.1) is 34.0 Å². The fourth-order valence-corrected chi connectivity index (χ4v) is 7.95. The molecule has 4 aliphatic carbocycles. The molecule has 7 atom stereocenters. The van der Waals surface area contributed by atoms with Crippen LogP contribution in [0.1, 0.15) is 72.1 Å². The maximum atomic E-state index is 12.2. The summed E-state index contributed by atoms with van der Waals surface area (Å²) in [6.07, 6.45) is 7.86. The first kappa shape index (κ1) is 18.1. The van der Waals surface area contributed by atoms with Crippen LogP contribution in [0.3, 0.4) is 0 Å². The lowest BCUT2D eigenvalue weighted by atomic mass is 9.40. The molecule has 1 spiro atoms. The van der Waals surface area contributed by atoms with Crippen molar-refractivity contribution >= 4 is 11.9 Å². The number of fused-ring (bicyclic) bond motifs is 3. The fourth-order valence-electron chi connectivity index (χ4n) is 7.95. The number of ether oxygens (including phenoxy) is 1. The van der Waals surface area contributed by atoms with E-state index in [9.17, 15) is 14.7 Å². The van der Waals surface area contributed by atoms with E-state index in [1.54, 1.807) is 0 Å². The molecule has 144 valence electrons. The van der Waals surface area contributed by atoms with Crippen LogP contribution in [0.5, 0.6) is 0 Å². The summed E-state index contributed by atoms with van der Waals surface area (Å²) in [5.41, 5.74) is 0.477. The van der Waals surface area contributed by atoms with Crippen LogP contribution < -0.4 is 0 Å². The van der Waals surface area contributed by atoms with Crippen LogP contribution in [0.15, 0.2) is 12.2 Å². The van der Waals surface area contributed by atoms with E-state index < -0.39 is 11.4 Å². The van der Waals surface area contributed by atoms with Gasteiger partial charge in [0.1, 0.15) is 6.10 Å². The van der Waals surface area contributed by atoms with Gasteiger partial charge in [0, 0.05) is 12.3 Å². The van der Waals surface area contributed by atoms with Gasteiger partial charge in [0.25, 0.3) is 0 Å². The Kier molecular flexibility index (Phi) is 3.88. The van der Waals surface area contributed by atoms with Crippen molar-refractivity contribution in [2.24, 2.45) is 34.0 Å². The molecule has 0 amide bonds. The van der Waals surface area contributed by atoms with Crippen molar-refractivity contribution in [1.82, 2.24) is 0 Å². The number of carbonyl (C=O) groups is 2. The number of esters is 1. The molecule has 4 nitrogen and oxygen atoms in total. The van der Waals surface area contributed by atoms with E-state index in [0.29, 0.717) is 11.8 Å². The molecule has 2 bridgehead atoms. The molecule has 0 aromatic heterocycles. The van der Waals surface area contributed by atoms with E-state index in [4.69, 9.17) is 4.74 Å². The largest absolute Gasteiger partial charge is 0.481 e. The molecule has 0 aromatic carbocycles. The Morgan fingerprint density at radius 2 is 1.85 bits per heavy atom. The van der Waals surface area contributed by atoms with E-state index in [0.717, 1.165) is 56.9 Å². The first-order valence-corrected chi connectivity index (χ1v) is 10.2. The summed E-state index contributed by atoms with van der Waals surface area (Å²) in [6.45, 7) is 10.1. The summed E-state index contributed by atoms with van der Waals surface area (Å²) in [6, 6.07) is 0. The molecule has 1 N–H and O–H groups in total. The summed E-state index contributed by atoms with van der Waals surface area (Å²) in [5.74, 6) is 0.242. The van der Waals surface area contributed by atoms with E-state index in [-0.39, 0.29) is 28.8 Å². The molecule has 26 heavy (non-hydrogen) atoms. The van der Waals surface area contributed by atoms with Gasteiger partial charge in [-0.2, -0.15) is 0 Å². The van der Waals surface area contributed by atoms with Gasteiger partial charge in [0.15, 0.2) is 0 Å². The molecule has 0 aliphatic heterocycles. The van der Waals surface area contributed by atoms with Crippen molar-refractivity contribution in [3.8, 4) is 0 Å². The van der Waals surface area contributed by atoms with Crippen molar-refractivity contribution in [2.75, 3.05) is 0 Å². The highest BCUT2D eigenvalue weighted by Crippen LogP contribution is 2.72. The van der Waals surface area contributed by atoms with Crippen molar-refractivity contribution in [3.63, 3.8) is 0 Å². The first-order chi connectivity index (χ1) is 12.1. The van der Waals surface area contributed by atoms with E-state index in [1.165, 1.54) is 6.92 Å². The van der Waals surface area contributed by atoms with Crippen LogP contribution >= 0.6 is 0 Å². The lowest BCUT2D eigenvalue weighted by molar-refractivity contribution is -0.195. The molecular formula is C22H32O4. The normalized spacial score (nSPS) is 49.9. The van der Waals surface area contributed by atoms with Crippen molar-refractivity contribution < 1.29 is 19.4 Å². The molecule has 0 aromatic rings. The Morgan fingerprint density at radius 1 is 1.12 bits per heavy atom. The zero-order valence-corrected chi connectivity index (χ0v) is 16.3. The van der Waals surface area contributed by atoms with E-state index in [2.05, 4.69) is 13.5 Å². The molecule has 0 radical (unpaired) electrons. The van der Waals surface area contributed by atoms with Gasteiger partial charge in [-0.05, 0) is 80.6 Å².